The molecule has 0 spiro atoms. The molecule has 2 rings (SSSR count). The molecule has 2 aliphatic rings. The van der Waals surface area contributed by atoms with Gasteiger partial charge in [-0.3, -0.25) is 9.59 Å². The van der Waals surface area contributed by atoms with Gasteiger partial charge in [0.15, 0.2) is 0 Å². The molecule has 0 radical (unpaired) electrons. The van der Waals surface area contributed by atoms with Crippen LogP contribution in [0.1, 0.15) is 25.7 Å². The zero-order valence-corrected chi connectivity index (χ0v) is 9.37. The van der Waals surface area contributed by atoms with Gasteiger partial charge < -0.3 is 16.4 Å². The Labute approximate surface area is 95.1 Å². The number of primary amides is 1. The topological polar surface area (TPSA) is 84.2 Å². The third-order valence-corrected chi connectivity index (χ3v) is 3.61. The van der Waals surface area contributed by atoms with E-state index in [4.69, 9.17) is 5.73 Å². The standard InChI is InChI=1S/C11H19N3O2/c12-10(15)8-3-1-2-4-9(8)14-11(16)7-5-13-6-7/h7-9,13H,1-6H2,(H2,12,15)(H,14,16). The van der Waals surface area contributed by atoms with Crippen molar-refractivity contribution in [1.82, 2.24) is 10.6 Å². The second-order valence-electron chi connectivity index (χ2n) is 4.76. The highest BCUT2D eigenvalue weighted by Crippen LogP contribution is 2.24. The lowest BCUT2D eigenvalue weighted by molar-refractivity contribution is -0.129. The van der Waals surface area contributed by atoms with Gasteiger partial charge in [-0.05, 0) is 12.8 Å². The van der Waals surface area contributed by atoms with Crippen LogP contribution in [0.3, 0.4) is 0 Å². The Morgan fingerprint density at radius 3 is 2.44 bits per heavy atom. The van der Waals surface area contributed by atoms with Crippen molar-refractivity contribution in [3.05, 3.63) is 0 Å². The van der Waals surface area contributed by atoms with Crippen LogP contribution in [0.25, 0.3) is 0 Å². The van der Waals surface area contributed by atoms with Crippen molar-refractivity contribution in [2.75, 3.05) is 13.1 Å². The van der Waals surface area contributed by atoms with E-state index < -0.39 is 0 Å². The van der Waals surface area contributed by atoms with Gasteiger partial charge in [0.05, 0.1) is 11.8 Å². The molecule has 1 saturated heterocycles. The largest absolute Gasteiger partial charge is 0.369 e. The van der Waals surface area contributed by atoms with Gasteiger partial charge in [-0.15, -0.1) is 0 Å². The van der Waals surface area contributed by atoms with Gasteiger partial charge in [-0.25, -0.2) is 0 Å². The van der Waals surface area contributed by atoms with E-state index in [0.29, 0.717) is 0 Å². The monoisotopic (exact) mass is 225 g/mol. The minimum absolute atomic E-state index is 0.0423. The molecule has 5 nitrogen and oxygen atoms in total. The summed E-state index contributed by atoms with van der Waals surface area (Å²) in [4.78, 5) is 23.0. The molecule has 2 amide bonds. The third kappa shape index (κ3) is 2.35. The van der Waals surface area contributed by atoms with E-state index in [1.165, 1.54) is 0 Å². The molecular formula is C11H19N3O2. The summed E-state index contributed by atoms with van der Waals surface area (Å²) in [5.74, 6) is -0.310. The second kappa shape index (κ2) is 4.82. The van der Waals surface area contributed by atoms with Crippen molar-refractivity contribution in [1.29, 1.82) is 0 Å². The zero-order valence-electron chi connectivity index (χ0n) is 9.37. The summed E-state index contributed by atoms with van der Waals surface area (Å²) >= 11 is 0. The van der Waals surface area contributed by atoms with Crippen LogP contribution in [0.5, 0.6) is 0 Å². The normalized spacial score (nSPS) is 30.5. The first-order valence-electron chi connectivity index (χ1n) is 5.99. The van der Waals surface area contributed by atoms with Crippen molar-refractivity contribution in [2.24, 2.45) is 17.6 Å². The molecule has 0 aromatic carbocycles. The molecule has 0 aromatic rings. The van der Waals surface area contributed by atoms with Crippen LogP contribution in [0, 0.1) is 11.8 Å². The van der Waals surface area contributed by atoms with Gasteiger partial charge in [0.25, 0.3) is 0 Å². The SMILES string of the molecule is NC(=O)C1CCCCC1NC(=O)C1CNC1. The molecule has 1 saturated carbocycles. The van der Waals surface area contributed by atoms with E-state index in [2.05, 4.69) is 10.6 Å². The number of nitrogens with two attached hydrogens (primary N) is 1. The Morgan fingerprint density at radius 2 is 1.88 bits per heavy atom. The number of amides is 2. The van der Waals surface area contributed by atoms with Crippen molar-refractivity contribution < 1.29 is 9.59 Å². The Morgan fingerprint density at radius 1 is 1.19 bits per heavy atom. The van der Waals surface area contributed by atoms with Crippen molar-refractivity contribution in [2.45, 2.75) is 31.7 Å². The van der Waals surface area contributed by atoms with Crippen molar-refractivity contribution in [3.8, 4) is 0 Å². The number of carbonyl (C=O) groups excluding carboxylic acids is 2. The fraction of sp³-hybridized carbons (Fsp3) is 0.818. The molecule has 1 aliphatic carbocycles. The van der Waals surface area contributed by atoms with Gasteiger partial charge in [-0.1, -0.05) is 12.8 Å². The van der Waals surface area contributed by atoms with Gasteiger partial charge >= 0.3 is 0 Å². The minimum atomic E-state index is -0.281. The van der Waals surface area contributed by atoms with Crippen LogP contribution in [0.15, 0.2) is 0 Å². The van der Waals surface area contributed by atoms with Crippen molar-refractivity contribution in [3.63, 3.8) is 0 Å². The summed E-state index contributed by atoms with van der Waals surface area (Å²) in [7, 11) is 0. The van der Waals surface area contributed by atoms with Crippen LogP contribution in [0.2, 0.25) is 0 Å². The summed E-state index contributed by atoms with van der Waals surface area (Å²) < 4.78 is 0. The van der Waals surface area contributed by atoms with Crippen molar-refractivity contribution >= 4 is 11.8 Å². The van der Waals surface area contributed by atoms with Gasteiger partial charge in [0.2, 0.25) is 11.8 Å². The first kappa shape index (κ1) is 11.4. The number of hydrogen-bond acceptors (Lipinski definition) is 3. The molecule has 90 valence electrons. The number of rotatable bonds is 3. The molecule has 4 N–H and O–H groups in total. The lowest BCUT2D eigenvalue weighted by Gasteiger charge is -2.33. The Hall–Kier alpha value is -1.10. The van der Waals surface area contributed by atoms with E-state index in [1.54, 1.807) is 0 Å². The quantitative estimate of drug-likeness (QED) is 0.597. The van der Waals surface area contributed by atoms with Crippen LogP contribution in [0.4, 0.5) is 0 Å². The molecule has 16 heavy (non-hydrogen) atoms. The first-order valence-corrected chi connectivity index (χ1v) is 5.99. The number of nitrogens with one attached hydrogen (secondary N) is 2. The maximum Gasteiger partial charge on any atom is 0.225 e. The molecule has 2 atom stereocenters. The fourth-order valence-electron chi connectivity index (χ4n) is 2.42. The zero-order chi connectivity index (χ0) is 11.5. The van der Waals surface area contributed by atoms with E-state index >= 15 is 0 Å². The average molecular weight is 225 g/mol. The minimum Gasteiger partial charge on any atom is -0.369 e. The number of carbonyl (C=O) groups is 2. The second-order valence-corrected chi connectivity index (χ2v) is 4.76. The van der Waals surface area contributed by atoms with E-state index in [9.17, 15) is 9.59 Å². The van der Waals surface area contributed by atoms with Crippen LogP contribution in [-0.2, 0) is 9.59 Å². The Balaban J connectivity index is 1.90. The van der Waals surface area contributed by atoms with Gasteiger partial charge in [0, 0.05) is 19.1 Å². The van der Waals surface area contributed by atoms with Crippen LogP contribution in [-0.4, -0.2) is 30.9 Å². The fourth-order valence-corrected chi connectivity index (χ4v) is 2.42. The summed E-state index contributed by atoms with van der Waals surface area (Å²) in [6.07, 6.45) is 3.78. The molecule has 0 bridgehead atoms. The average Bonchev–Trinajstić information content (AvgIpc) is 2.15. The maximum atomic E-state index is 11.8. The first-order chi connectivity index (χ1) is 7.68. The maximum absolute atomic E-state index is 11.8. The lowest BCUT2D eigenvalue weighted by Crippen LogP contribution is -2.55. The molecule has 2 fully saturated rings. The molecule has 1 heterocycles. The summed E-state index contributed by atoms with van der Waals surface area (Å²) in [6, 6.07) is -0.0423. The highest BCUT2D eigenvalue weighted by Gasteiger charge is 2.33. The summed E-state index contributed by atoms with van der Waals surface area (Å²) in [6.45, 7) is 1.50. The van der Waals surface area contributed by atoms with Crippen LogP contribution >= 0.6 is 0 Å². The van der Waals surface area contributed by atoms with E-state index in [0.717, 1.165) is 38.8 Å². The summed E-state index contributed by atoms with van der Waals surface area (Å²) in [5, 5.41) is 6.03. The highest BCUT2D eigenvalue weighted by molar-refractivity contribution is 5.82. The predicted molar refractivity (Wildman–Crippen MR) is 59.4 cm³/mol. The lowest BCUT2D eigenvalue weighted by atomic mass is 9.83. The van der Waals surface area contributed by atoms with Crippen LogP contribution < -0.4 is 16.4 Å². The predicted octanol–water partition coefficient (Wildman–Crippen LogP) is -0.634. The van der Waals surface area contributed by atoms with E-state index in [-0.39, 0.29) is 29.7 Å². The molecule has 2 unspecified atom stereocenters. The Bertz CT molecular complexity index is 289. The summed E-state index contributed by atoms with van der Waals surface area (Å²) in [5.41, 5.74) is 5.35. The van der Waals surface area contributed by atoms with Gasteiger partial charge in [0.1, 0.15) is 0 Å². The molecule has 1 aliphatic heterocycles. The number of hydrogen-bond donors (Lipinski definition) is 3. The van der Waals surface area contributed by atoms with Gasteiger partial charge in [-0.2, -0.15) is 0 Å². The molecular weight excluding hydrogens is 206 g/mol. The van der Waals surface area contributed by atoms with E-state index in [1.807, 2.05) is 0 Å². The molecule has 0 aromatic heterocycles. The Kier molecular flexibility index (Phi) is 3.43. The smallest absolute Gasteiger partial charge is 0.225 e. The third-order valence-electron chi connectivity index (χ3n) is 3.61. The highest BCUT2D eigenvalue weighted by atomic mass is 16.2. The molecule has 5 heteroatoms.